The van der Waals surface area contributed by atoms with E-state index < -0.39 is 0 Å². The second-order valence-corrected chi connectivity index (χ2v) is 7.15. The van der Waals surface area contributed by atoms with Gasteiger partial charge in [-0.2, -0.15) is 0 Å². The Morgan fingerprint density at radius 1 is 1.00 bits per heavy atom. The van der Waals surface area contributed by atoms with Crippen molar-refractivity contribution in [2.75, 3.05) is 6.54 Å². The lowest BCUT2D eigenvalue weighted by atomic mass is 9.90. The van der Waals surface area contributed by atoms with E-state index in [4.69, 9.17) is 5.73 Å². The number of benzene rings is 1. The van der Waals surface area contributed by atoms with Crippen LogP contribution in [0.3, 0.4) is 0 Å². The van der Waals surface area contributed by atoms with Gasteiger partial charge in [0.05, 0.1) is 0 Å². The highest BCUT2D eigenvalue weighted by molar-refractivity contribution is 5.94. The van der Waals surface area contributed by atoms with Crippen molar-refractivity contribution in [2.24, 2.45) is 5.73 Å². The molecule has 0 aliphatic heterocycles. The van der Waals surface area contributed by atoms with Crippen LogP contribution in [0.15, 0.2) is 18.2 Å². The van der Waals surface area contributed by atoms with Gasteiger partial charge < -0.3 is 11.1 Å². The van der Waals surface area contributed by atoms with Crippen molar-refractivity contribution in [1.82, 2.24) is 5.32 Å². The largest absolute Gasteiger partial charge is 0.350 e. The smallest absolute Gasteiger partial charge is 0.251 e. The van der Waals surface area contributed by atoms with Gasteiger partial charge in [-0.3, -0.25) is 4.79 Å². The number of hydrogen-bond donors (Lipinski definition) is 2. The minimum absolute atomic E-state index is 0.0300. The standard InChI is InChI=1S/C19H28N2O/c20-19(11-5-1-2-6-12-19)14-21-18(22)17-10-9-15-7-3-4-8-16(15)13-17/h9-10,13H,1-8,11-12,14,20H2,(H,21,22). The molecule has 1 amide bonds. The highest BCUT2D eigenvalue weighted by Gasteiger charge is 2.26. The molecular weight excluding hydrogens is 272 g/mol. The first-order chi connectivity index (χ1) is 10.7. The Bertz CT molecular complexity index is 530. The highest BCUT2D eigenvalue weighted by atomic mass is 16.1. The number of nitrogens with two attached hydrogens (primary N) is 1. The zero-order chi connectivity index (χ0) is 15.4. The lowest BCUT2D eigenvalue weighted by Gasteiger charge is -2.28. The van der Waals surface area contributed by atoms with Crippen molar-refractivity contribution in [3.63, 3.8) is 0 Å². The first kappa shape index (κ1) is 15.5. The SMILES string of the molecule is NC1(CNC(=O)c2ccc3c(c2)CCCC3)CCCCCC1. The van der Waals surface area contributed by atoms with Gasteiger partial charge in [-0.05, 0) is 61.8 Å². The minimum atomic E-state index is -0.208. The highest BCUT2D eigenvalue weighted by Crippen LogP contribution is 2.25. The van der Waals surface area contributed by atoms with Gasteiger partial charge in [0, 0.05) is 17.6 Å². The number of nitrogens with one attached hydrogen (secondary N) is 1. The normalized spacial score (nSPS) is 20.8. The van der Waals surface area contributed by atoms with Crippen LogP contribution in [0.2, 0.25) is 0 Å². The lowest BCUT2D eigenvalue weighted by Crippen LogP contribution is -2.49. The summed E-state index contributed by atoms with van der Waals surface area (Å²) in [6, 6.07) is 6.18. The van der Waals surface area contributed by atoms with Crippen molar-refractivity contribution in [3.8, 4) is 0 Å². The molecule has 3 nitrogen and oxygen atoms in total. The van der Waals surface area contributed by atoms with Crippen molar-refractivity contribution in [2.45, 2.75) is 69.7 Å². The first-order valence-electron chi connectivity index (χ1n) is 8.85. The van der Waals surface area contributed by atoms with Crippen molar-refractivity contribution in [1.29, 1.82) is 0 Å². The van der Waals surface area contributed by atoms with Gasteiger partial charge in [0.15, 0.2) is 0 Å². The Balaban J connectivity index is 1.62. The fourth-order valence-electron chi connectivity index (χ4n) is 3.84. The molecule has 3 N–H and O–H groups in total. The predicted molar refractivity (Wildman–Crippen MR) is 90.0 cm³/mol. The number of carbonyl (C=O) groups excluding carboxylic acids is 1. The summed E-state index contributed by atoms with van der Waals surface area (Å²) in [6.07, 6.45) is 11.7. The van der Waals surface area contributed by atoms with E-state index in [-0.39, 0.29) is 11.4 Å². The van der Waals surface area contributed by atoms with Gasteiger partial charge in [0.25, 0.3) is 5.91 Å². The van der Waals surface area contributed by atoms with Crippen LogP contribution in [0.4, 0.5) is 0 Å². The summed E-state index contributed by atoms with van der Waals surface area (Å²) in [5.74, 6) is 0.0300. The summed E-state index contributed by atoms with van der Waals surface area (Å²) < 4.78 is 0. The Morgan fingerprint density at radius 3 is 2.41 bits per heavy atom. The monoisotopic (exact) mass is 300 g/mol. The average molecular weight is 300 g/mol. The summed E-state index contributed by atoms with van der Waals surface area (Å²) in [5, 5.41) is 3.08. The number of amides is 1. The van der Waals surface area contributed by atoms with Crippen molar-refractivity contribution in [3.05, 3.63) is 34.9 Å². The number of hydrogen-bond acceptors (Lipinski definition) is 2. The van der Waals surface area contributed by atoms with E-state index in [2.05, 4.69) is 17.4 Å². The predicted octanol–water partition coefficient (Wildman–Crippen LogP) is 3.35. The second-order valence-electron chi connectivity index (χ2n) is 7.15. The molecule has 0 spiro atoms. The molecule has 0 saturated heterocycles. The molecular formula is C19H28N2O. The molecule has 2 aliphatic carbocycles. The van der Waals surface area contributed by atoms with Gasteiger partial charge in [0.1, 0.15) is 0 Å². The molecule has 0 atom stereocenters. The summed E-state index contributed by atoms with van der Waals surface area (Å²) in [6.45, 7) is 0.600. The van der Waals surface area contributed by atoms with Gasteiger partial charge >= 0.3 is 0 Å². The van der Waals surface area contributed by atoms with Gasteiger partial charge in [0.2, 0.25) is 0 Å². The van der Waals surface area contributed by atoms with E-state index in [9.17, 15) is 4.79 Å². The molecule has 1 fully saturated rings. The molecule has 3 heteroatoms. The summed E-state index contributed by atoms with van der Waals surface area (Å²) in [5.41, 5.74) is 9.84. The van der Waals surface area contributed by atoms with Gasteiger partial charge in [-0.25, -0.2) is 0 Å². The summed E-state index contributed by atoms with van der Waals surface area (Å²) in [4.78, 5) is 12.4. The average Bonchev–Trinajstić information content (AvgIpc) is 2.77. The molecule has 1 aromatic rings. The van der Waals surface area contributed by atoms with Crippen LogP contribution in [-0.2, 0) is 12.8 Å². The Hall–Kier alpha value is -1.35. The third-order valence-electron chi connectivity index (χ3n) is 5.31. The van der Waals surface area contributed by atoms with Crippen LogP contribution in [-0.4, -0.2) is 18.0 Å². The maximum Gasteiger partial charge on any atom is 0.251 e. The fraction of sp³-hybridized carbons (Fsp3) is 0.632. The first-order valence-corrected chi connectivity index (χ1v) is 8.85. The van der Waals surface area contributed by atoms with E-state index in [0.717, 1.165) is 31.2 Å². The number of fused-ring (bicyclic) bond motifs is 1. The molecule has 0 bridgehead atoms. The Labute approximate surface area is 133 Å². The van der Waals surface area contributed by atoms with Crippen LogP contribution in [0.25, 0.3) is 0 Å². The molecule has 0 unspecified atom stereocenters. The topological polar surface area (TPSA) is 55.1 Å². The fourth-order valence-corrected chi connectivity index (χ4v) is 3.84. The van der Waals surface area contributed by atoms with E-state index in [1.807, 2.05) is 6.07 Å². The molecule has 0 aromatic heterocycles. The van der Waals surface area contributed by atoms with E-state index in [1.165, 1.54) is 49.7 Å². The van der Waals surface area contributed by atoms with Gasteiger partial charge in [-0.15, -0.1) is 0 Å². The lowest BCUT2D eigenvalue weighted by molar-refractivity contribution is 0.0941. The number of rotatable bonds is 3. The maximum absolute atomic E-state index is 12.4. The van der Waals surface area contributed by atoms with Crippen LogP contribution in [0.1, 0.15) is 72.9 Å². The number of carbonyl (C=O) groups is 1. The minimum Gasteiger partial charge on any atom is -0.350 e. The van der Waals surface area contributed by atoms with E-state index in [1.54, 1.807) is 0 Å². The summed E-state index contributed by atoms with van der Waals surface area (Å²) >= 11 is 0. The molecule has 0 heterocycles. The molecule has 1 saturated carbocycles. The molecule has 120 valence electrons. The molecule has 2 aliphatic rings. The van der Waals surface area contributed by atoms with E-state index >= 15 is 0 Å². The van der Waals surface area contributed by atoms with Crippen LogP contribution >= 0.6 is 0 Å². The number of aryl methyl sites for hydroxylation is 2. The van der Waals surface area contributed by atoms with Crippen molar-refractivity contribution >= 4 is 5.91 Å². The third kappa shape index (κ3) is 3.70. The third-order valence-corrected chi connectivity index (χ3v) is 5.31. The van der Waals surface area contributed by atoms with Crippen molar-refractivity contribution < 1.29 is 4.79 Å². The van der Waals surface area contributed by atoms with Crippen LogP contribution < -0.4 is 11.1 Å². The van der Waals surface area contributed by atoms with E-state index in [0.29, 0.717) is 6.54 Å². The molecule has 3 rings (SSSR count). The zero-order valence-electron chi connectivity index (χ0n) is 13.5. The van der Waals surface area contributed by atoms with Crippen LogP contribution in [0, 0.1) is 0 Å². The quantitative estimate of drug-likeness (QED) is 0.841. The summed E-state index contributed by atoms with van der Waals surface area (Å²) in [7, 11) is 0. The molecule has 22 heavy (non-hydrogen) atoms. The van der Waals surface area contributed by atoms with Gasteiger partial charge in [-0.1, -0.05) is 31.7 Å². The Kier molecular flexibility index (Phi) is 4.82. The van der Waals surface area contributed by atoms with Crippen LogP contribution in [0.5, 0.6) is 0 Å². The zero-order valence-corrected chi connectivity index (χ0v) is 13.5. The molecule has 1 aromatic carbocycles. The molecule has 0 radical (unpaired) electrons. The Morgan fingerprint density at radius 2 is 1.68 bits per heavy atom. The second kappa shape index (κ2) is 6.82. The maximum atomic E-state index is 12.4.